The van der Waals surface area contributed by atoms with Crippen LogP contribution >= 0.6 is 0 Å². The molecule has 4 aliphatic rings. The van der Waals surface area contributed by atoms with Gasteiger partial charge in [0.05, 0.1) is 0 Å². The van der Waals surface area contributed by atoms with E-state index in [0.29, 0.717) is 6.29 Å². The number of hydrogen-bond donors (Lipinski definition) is 0. The van der Waals surface area contributed by atoms with E-state index in [4.69, 9.17) is 9.47 Å². The minimum atomic E-state index is -0.0674. The summed E-state index contributed by atoms with van der Waals surface area (Å²) >= 11 is 0. The Balaban J connectivity index is 1.31. The number of hydrogen-bond acceptors (Lipinski definition) is 6. The zero-order valence-electron chi connectivity index (χ0n) is 12.0. The van der Waals surface area contributed by atoms with E-state index in [1.54, 1.807) is 12.5 Å². The molecule has 0 atom stereocenters. The van der Waals surface area contributed by atoms with Crippen LogP contribution in [0.15, 0.2) is 12.5 Å². The lowest BCUT2D eigenvalue weighted by molar-refractivity contribution is -0.0380. The summed E-state index contributed by atoms with van der Waals surface area (Å²) in [5.74, 6) is 0. The first-order chi connectivity index (χ1) is 9.90. The molecule has 0 radical (unpaired) electrons. The molecule has 0 aliphatic carbocycles. The summed E-state index contributed by atoms with van der Waals surface area (Å²) in [7, 11) is 0. The Morgan fingerprint density at radius 3 is 1.80 bits per heavy atom. The predicted octanol–water partition coefficient (Wildman–Crippen LogP) is -0.247. The third-order valence-electron chi connectivity index (χ3n) is 4.93. The van der Waals surface area contributed by atoms with Gasteiger partial charge in [-0.2, -0.15) is 0 Å². The van der Waals surface area contributed by atoms with Gasteiger partial charge in [0, 0.05) is 65.3 Å². The highest BCUT2D eigenvalue weighted by atomic mass is 16.7. The maximum atomic E-state index is 5.36. The summed E-state index contributed by atoms with van der Waals surface area (Å²) in [5.41, 5.74) is 0. The van der Waals surface area contributed by atoms with E-state index in [1.807, 2.05) is 0 Å². The Labute approximate surface area is 120 Å². The minimum Gasteiger partial charge on any atom is -0.459 e. The van der Waals surface area contributed by atoms with Gasteiger partial charge in [0.2, 0.25) is 6.29 Å². The third-order valence-corrected chi connectivity index (χ3v) is 4.93. The van der Waals surface area contributed by atoms with Crippen LogP contribution in [0, 0.1) is 0 Å². The lowest BCUT2D eigenvalue weighted by Crippen LogP contribution is -2.52. The van der Waals surface area contributed by atoms with Crippen molar-refractivity contribution in [1.82, 2.24) is 19.6 Å². The molecule has 0 saturated carbocycles. The van der Waals surface area contributed by atoms with Crippen LogP contribution in [-0.2, 0) is 9.47 Å². The highest BCUT2D eigenvalue weighted by molar-refractivity contribution is 4.90. The number of rotatable bonds is 3. The van der Waals surface area contributed by atoms with E-state index in [9.17, 15) is 0 Å². The van der Waals surface area contributed by atoms with Crippen molar-refractivity contribution in [2.45, 2.75) is 19.0 Å². The number of ether oxygens (including phenoxy) is 2. The van der Waals surface area contributed by atoms with Crippen molar-refractivity contribution >= 4 is 0 Å². The van der Waals surface area contributed by atoms with Crippen molar-refractivity contribution < 1.29 is 9.47 Å². The van der Waals surface area contributed by atoms with Gasteiger partial charge in [-0.1, -0.05) is 0 Å². The van der Waals surface area contributed by atoms with Crippen molar-refractivity contribution in [2.75, 3.05) is 58.9 Å². The molecule has 4 aliphatic heterocycles. The molecule has 6 heteroatoms. The summed E-state index contributed by atoms with van der Waals surface area (Å²) < 4.78 is 10.7. The fourth-order valence-electron chi connectivity index (χ4n) is 3.81. The summed E-state index contributed by atoms with van der Waals surface area (Å²) in [6, 6.07) is 0. The predicted molar refractivity (Wildman–Crippen MR) is 74.7 cm³/mol. The highest BCUT2D eigenvalue weighted by Gasteiger charge is 2.41. The van der Waals surface area contributed by atoms with Gasteiger partial charge < -0.3 is 14.4 Å². The van der Waals surface area contributed by atoms with Gasteiger partial charge in [-0.25, -0.2) is 0 Å². The third kappa shape index (κ3) is 2.41. The average Bonchev–Trinajstić information content (AvgIpc) is 3.13. The molecule has 0 aromatic rings. The second-order valence-electron chi connectivity index (χ2n) is 6.06. The first-order valence-electron chi connectivity index (χ1n) is 7.81. The molecule has 0 spiro atoms. The lowest BCUT2D eigenvalue weighted by Gasteiger charge is -2.37. The second kappa shape index (κ2) is 5.52. The van der Waals surface area contributed by atoms with Gasteiger partial charge in [-0.15, -0.1) is 0 Å². The maximum Gasteiger partial charge on any atom is 0.240 e. The van der Waals surface area contributed by atoms with E-state index < -0.39 is 0 Å². The number of nitrogens with zero attached hydrogens (tertiary/aromatic N) is 4. The Kier molecular flexibility index (Phi) is 3.56. The van der Waals surface area contributed by atoms with Crippen LogP contribution in [-0.4, -0.2) is 91.1 Å². The molecule has 4 heterocycles. The van der Waals surface area contributed by atoms with Gasteiger partial charge in [0.15, 0.2) is 0 Å². The highest BCUT2D eigenvalue weighted by Crippen LogP contribution is 2.24. The molecule has 0 bridgehead atoms. The molecule has 4 rings (SSSR count). The SMILES string of the molecule is C1=COC(CCN2CCN3CCN4CCN(CC2)C34)O1. The van der Waals surface area contributed by atoms with Crippen molar-refractivity contribution in [3.05, 3.63) is 12.5 Å². The average molecular weight is 280 g/mol. The smallest absolute Gasteiger partial charge is 0.240 e. The van der Waals surface area contributed by atoms with Crippen molar-refractivity contribution in [3.63, 3.8) is 0 Å². The summed E-state index contributed by atoms with van der Waals surface area (Å²) in [4.78, 5) is 10.5. The van der Waals surface area contributed by atoms with Crippen LogP contribution in [0.1, 0.15) is 6.42 Å². The molecule has 3 fully saturated rings. The largest absolute Gasteiger partial charge is 0.459 e. The van der Waals surface area contributed by atoms with Crippen LogP contribution in [0.2, 0.25) is 0 Å². The Morgan fingerprint density at radius 2 is 1.25 bits per heavy atom. The molecule has 112 valence electrons. The minimum absolute atomic E-state index is 0.0674. The summed E-state index contributed by atoms with van der Waals surface area (Å²) in [5, 5.41) is 0. The second-order valence-corrected chi connectivity index (χ2v) is 6.06. The zero-order chi connectivity index (χ0) is 13.4. The fraction of sp³-hybridized carbons (Fsp3) is 0.857. The van der Waals surface area contributed by atoms with E-state index in [2.05, 4.69) is 19.6 Å². The maximum absolute atomic E-state index is 5.36. The molecule has 20 heavy (non-hydrogen) atoms. The molecular weight excluding hydrogens is 256 g/mol. The van der Waals surface area contributed by atoms with Crippen LogP contribution in [0.5, 0.6) is 0 Å². The van der Waals surface area contributed by atoms with E-state index in [-0.39, 0.29) is 6.29 Å². The first-order valence-corrected chi connectivity index (χ1v) is 7.81. The lowest BCUT2D eigenvalue weighted by atomic mass is 10.3. The molecule has 0 amide bonds. The molecule has 0 aromatic heterocycles. The van der Waals surface area contributed by atoms with Gasteiger partial charge in [-0.3, -0.25) is 14.7 Å². The van der Waals surface area contributed by atoms with E-state index >= 15 is 0 Å². The van der Waals surface area contributed by atoms with Gasteiger partial charge in [0.25, 0.3) is 0 Å². The molecule has 0 unspecified atom stereocenters. The Hall–Kier alpha value is -0.820. The quantitative estimate of drug-likeness (QED) is 0.709. The van der Waals surface area contributed by atoms with Crippen molar-refractivity contribution in [2.24, 2.45) is 0 Å². The van der Waals surface area contributed by atoms with Crippen molar-refractivity contribution in [1.29, 1.82) is 0 Å². The molecule has 3 saturated heterocycles. The summed E-state index contributed by atoms with van der Waals surface area (Å²) in [6.07, 6.45) is 4.77. The molecule has 0 N–H and O–H groups in total. The van der Waals surface area contributed by atoms with Crippen molar-refractivity contribution in [3.8, 4) is 0 Å². The fourth-order valence-corrected chi connectivity index (χ4v) is 3.81. The Bertz CT molecular complexity index is 350. The first kappa shape index (κ1) is 12.9. The standard InChI is InChI=1S/C14H24N4O2/c1(13-19-11-12-20-13)2-15-3-5-16-7-9-18-10-8-17(6-4-15)14(16)18/h11-14H,1-10H2. The van der Waals surface area contributed by atoms with E-state index in [1.165, 1.54) is 52.4 Å². The van der Waals surface area contributed by atoms with Crippen LogP contribution in [0.4, 0.5) is 0 Å². The normalized spacial score (nSPS) is 30.2. The monoisotopic (exact) mass is 280 g/mol. The van der Waals surface area contributed by atoms with Crippen LogP contribution in [0.25, 0.3) is 0 Å². The van der Waals surface area contributed by atoms with Gasteiger partial charge >= 0.3 is 0 Å². The van der Waals surface area contributed by atoms with Crippen LogP contribution in [0.3, 0.4) is 0 Å². The van der Waals surface area contributed by atoms with E-state index in [0.717, 1.165) is 13.0 Å². The molecule has 0 aromatic carbocycles. The topological polar surface area (TPSA) is 31.4 Å². The zero-order valence-corrected chi connectivity index (χ0v) is 12.0. The van der Waals surface area contributed by atoms with Gasteiger partial charge in [-0.05, 0) is 0 Å². The Morgan fingerprint density at radius 1 is 0.750 bits per heavy atom. The summed E-state index contributed by atoms with van der Waals surface area (Å²) in [6.45, 7) is 10.7. The van der Waals surface area contributed by atoms with Gasteiger partial charge in [0.1, 0.15) is 18.8 Å². The molecule has 6 nitrogen and oxygen atoms in total. The molecular formula is C14H24N4O2. The van der Waals surface area contributed by atoms with Crippen LogP contribution < -0.4 is 0 Å².